The molecule has 1 nitrogen and oxygen atoms in total. The van der Waals surface area contributed by atoms with Gasteiger partial charge in [0.1, 0.15) is 0 Å². The number of alkyl halides is 1. The lowest BCUT2D eigenvalue weighted by molar-refractivity contribution is 0.0979. The van der Waals surface area contributed by atoms with Gasteiger partial charge in [0.15, 0.2) is 0 Å². The van der Waals surface area contributed by atoms with Gasteiger partial charge >= 0.3 is 0 Å². The van der Waals surface area contributed by atoms with E-state index in [0.717, 1.165) is 6.61 Å². The molecule has 1 atom stereocenters. The first-order chi connectivity index (χ1) is 6.33. The number of benzene rings is 1. The van der Waals surface area contributed by atoms with Gasteiger partial charge < -0.3 is 4.74 Å². The smallest absolute Gasteiger partial charge is 0.0717 e. The van der Waals surface area contributed by atoms with Crippen LogP contribution in [0.15, 0.2) is 30.3 Å². The molecule has 1 rings (SSSR count). The standard InChI is InChI=1S/C11H15ClO/c1-10(7-12)8-13-9-11-5-3-2-4-6-11/h2-6,10H,7-9H2,1H3. The third-order valence-corrected chi connectivity index (χ3v) is 2.30. The summed E-state index contributed by atoms with van der Waals surface area (Å²) in [5.41, 5.74) is 1.21. The molecule has 1 aromatic carbocycles. The Hall–Kier alpha value is -0.530. The van der Waals surface area contributed by atoms with Gasteiger partial charge in [-0.25, -0.2) is 0 Å². The van der Waals surface area contributed by atoms with Crippen molar-refractivity contribution in [1.82, 2.24) is 0 Å². The van der Waals surface area contributed by atoms with E-state index in [9.17, 15) is 0 Å². The van der Waals surface area contributed by atoms with Crippen molar-refractivity contribution in [3.63, 3.8) is 0 Å². The van der Waals surface area contributed by atoms with E-state index in [0.29, 0.717) is 18.4 Å². The molecule has 0 bridgehead atoms. The van der Waals surface area contributed by atoms with Crippen molar-refractivity contribution in [3.05, 3.63) is 35.9 Å². The number of hydrogen-bond donors (Lipinski definition) is 0. The predicted octanol–water partition coefficient (Wildman–Crippen LogP) is 3.08. The minimum Gasteiger partial charge on any atom is -0.376 e. The lowest BCUT2D eigenvalue weighted by atomic mass is 10.2. The molecule has 0 saturated heterocycles. The lowest BCUT2D eigenvalue weighted by Gasteiger charge is -2.08. The molecule has 0 fully saturated rings. The first kappa shape index (κ1) is 10.6. The van der Waals surface area contributed by atoms with Crippen molar-refractivity contribution in [2.24, 2.45) is 5.92 Å². The third-order valence-electron chi connectivity index (χ3n) is 1.78. The summed E-state index contributed by atoms with van der Waals surface area (Å²) < 4.78 is 5.49. The van der Waals surface area contributed by atoms with Gasteiger partial charge in [-0.1, -0.05) is 37.3 Å². The van der Waals surface area contributed by atoms with Gasteiger partial charge in [-0.2, -0.15) is 0 Å². The molecule has 0 aromatic heterocycles. The molecule has 0 aliphatic heterocycles. The lowest BCUT2D eigenvalue weighted by Crippen LogP contribution is -2.06. The molecule has 2 heteroatoms. The van der Waals surface area contributed by atoms with Crippen molar-refractivity contribution in [2.75, 3.05) is 12.5 Å². The topological polar surface area (TPSA) is 9.23 Å². The van der Waals surface area contributed by atoms with Crippen molar-refractivity contribution < 1.29 is 4.74 Å². The van der Waals surface area contributed by atoms with Crippen LogP contribution in [0.1, 0.15) is 12.5 Å². The number of ether oxygens (including phenoxy) is 1. The van der Waals surface area contributed by atoms with Crippen molar-refractivity contribution in [2.45, 2.75) is 13.5 Å². The molecule has 1 aromatic rings. The van der Waals surface area contributed by atoms with Crippen LogP contribution in [0.4, 0.5) is 0 Å². The first-order valence-corrected chi connectivity index (χ1v) is 5.04. The largest absolute Gasteiger partial charge is 0.376 e. The highest BCUT2D eigenvalue weighted by Gasteiger charge is 1.99. The fourth-order valence-corrected chi connectivity index (χ4v) is 1.09. The summed E-state index contributed by atoms with van der Waals surface area (Å²) in [6, 6.07) is 10.2. The maximum Gasteiger partial charge on any atom is 0.0717 e. The van der Waals surface area contributed by atoms with Crippen molar-refractivity contribution >= 4 is 11.6 Å². The van der Waals surface area contributed by atoms with Crippen LogP contribution in [0.2, 0.25) is 0 Å². The molecule has 0 N–H and O–H groups in total. The highest BCUT2D eigenvalue weighted by molar-refractivity contribution is 6.18. The van der Waals surface area contributed by atoms with Gasteiger partial charge in [0.2, 0.25) is 0 Å². The Morgan fingerprint density at radius 1 is 1.31 bits per heavy atom. The van der Waals surface area contributed by atoms with E-state index in [2.05, 4.69) is 19.1 Å². The molecular weight excluding hydrogens is 184 g/mol. The van der Waals surface area contributed by atoms with Gasteiger partial charge in [-0.05, 0) is 11.5 Å². The highest BCUT2D eigenvalue weighted by atomic mass is 35.5. The summed E-state index contributed by atoms with van der Waals surface area (Å²) in [6.07, 6.45) is 0. The van der Waals surface area contributed by atoms with Crippen LogP contribution in [0.25, 0.3) is 0 Å². The molecule has 13 heavy (non-hydrogen) atoms. The summed E-state index contributed by atoms with van der Waals surface area (Å²) in [7, 11) is 0. The van der Waals surface area contributed by atoms with Crippen molar-refractivity contribution in [3.8, 4) is 0 Å². The molecule has 0 aliphatic rings. The van der Waals surface area contributed by atoms with Crippen molar-refractivity contribution in [1.29, 1.82) is 0 Å². The Morgan fingerprint density at radius 3 is 2.62 bits per heavy atom. The van der Waals surface area contributed by atoms with Crippen LogP contribution in [-0.2, 0) is 11.3 Å². The van der Waals surface area contributed by atoms with E-state index < -0.39 is 0 Å². The summed E-state index contributed by atoms with van der Waals surface area (Å²) in [4.78, 5) is 0. The quantitative estimate of drug-likeness (QED) is 0.661. The van der Waals surface area contributed by atoms with Crippen LogP contribution in [0.5, 0.6) is 0 Å². The molecule has 0 radical (unpaired) electrons. The Labute approximate surface area is 84.7 Å². The van der Waals surface area contributed by atoms with Gasteiger partial charge in [-0.3, -0.25) is 0 Å². The molecule has 0 saturated carbocycles. The molecule has 0 amide bonds. The molecule has 1 unspecified atom stereocenters. The Morgan fingerprint density at radius 2 is 2.00 bits per heavy atom. The molecule has 72 valence electrons. The van der Waals surface area contributed by atoms with Gasteiger partial charge in [-0.15, -0.1) is 11.6 Å². The van der Waals surface area contributed by atoms with Crippen LogP contribution >= 0.6 is 11.6 Å². The maximum absolute atomic E-state index is 5.65. The monoisotopic (exact) mass is 198 g/mol. The number of hydrogen-bond acceptors (Lipinski definition) is 1. The average Bonchev–Trinajstić information content (AvgIpc) is 2.19. The minimum atomic E-state index is 0.436. The van der Waals surface area contributed by atoms with E-state index in [-0.39, 0.29) is 0 Å². The Balaban J connectivity index is 2.20. The second-order valence-electron chi connectivity index (χ2n) is 3.26. The van der Waals surface area contributed by atoms with E-state index in [1.54, 1.807) is 0 Å². The fourth-order valence-electron chi connectivity index (χ4n) is 0.997. The SMILES string of the molecule is CC(CCl)COCc1ccccc1. The third kappa shape index (κ3) is 4.30. The zero-order valence-corrected chi connectivity index (χ0v) is 8.63. The second kappa shape index (κ2) is 6.01. The van der Waals surface area contributed by atoms with Crippen LogP contribution < -0.4 is 0 Å². The minimum absolute atomic E-state index is 0.436. The van der Waals surface area contributed by atoms with E-state index in [1.807, 2.05) is 18.2 Å². The average molecular weight is 199 g/mol. The van der Waals surface area contributed by atoms with Gasteiger partial charge in [0, 0.05) is 5.88 Å². The molecule has 0 heterocycles. The molecule has 0 aliphatic carbocycles. The summed E-state index contributed by atoms with van der Waals surface area (Å²) in [5.74, 6) is 1.10. The predicted molar refractivity (Wildman–Crippen MR) is 56.0 cm³/mol. The van der Waals surface area contributed by atoms with Crippen LogP contribution in [-0.4, -0.2) is 12.5 Å². The summed E-state index contributed by atoms with van der Waals surface area (Å²) in [5, 5.41) is 0. The molecular formula is C11H15ClO. The summed E-state index contributed by atoms with van der Waals surface area (Å²) >= 11 is 5.65. The zero-order valence-electron chi connectivity index (χ0n) is 7.87. The first-order valence-electron chi connectivity index (χ1n) is 4.50. The second-order valence-corrected chi connectivity index (χ2v) is 3.57. The number of halogens is 1. The normalized spacial score (nSPS) is 12.8. The van der Waals surface area contributed by atoms with Crippen LogP contribution in [0, 0.1) is 5.92 Å². The van der Waals surface area contributed by atoms with E-state index in [1.165, 1.54) is 5.56 Å². The van der Waals surface area contributed by atoms with Gasteiger partial charge in [0.25, 0.3) is 0 Å². The zero-order chi connectivity index (χ0) is 9.52. The molecule has 0 spiro atoms. The van der Waals surface area contributed by atoms with Crippen LogP contribution in [0.3, 0.4) is 0 Å². The fraction of sp³-hybridized carbons (Fsp3) is 0.455. The Bertz CT molecular complexity index is 223. The summed E-state index contributed by atoms with van der Waals surface area (Å²) in [6.45, 7) is 3.50. The maximum atomic E-state index is 5.65. The van der Waals surface area contributed by atoms with E-state index >= 15 is 0 Å². The number of rotatable bonds is 5. The van der Waals surface area contributed by atoms with E-state index in [4.69, 9.17) is 16.3 Å². The van der Waals surface area contributed by atoms with Gasteiger partial charge in [0.05, 0.1) is 13.2 Å². The Kier molecular flexibility index (Phi) is 4.87. The highest BCUT2D eigenvalue weighted by Crippen LogP contribution is 2.03.